The molecule has 0 aliphatic carbocycles. The zero-order valence-corrected chi connectivity index (χ0v) is 9.67. The molecule has 1 aliphatic heterocycles. The van der Waals surface area contributed by atoms with E-state index < -0.39 is 4.92 Å². The van der Waals surface area contributed by atoms with Gasteiger partial charge in [0.15, 0.2) is 0 Å². The number of nitro groups is 1. The number of aromatic nitrogens is 1. The highest BCUT2D eigenvalue weighted by Gasteiger charge is 2.23. The lowest BCUT2D eigenvalue weighted by Crippen LogP contribution is -2.26. The van der Waals surface area contributed by atoms with Gasteiger partial charge in [0, 0.05) is 18.9 Å². The molecule has 2 rings (SSSR count). The van der Waals surface area contributed by atoms with Gasteiger partial charge in [-0.15, -0.1) is 0 Å². The number of ether oxygens (including phenoxy) is 2. The average Bonchev–Trinajstić information content (AvgIpc) is 2.39. The van der Waals surface area contributed by atoms with Crippen LogP contribution in [0.25, 0.3) is 0 Å². The molecule has 0 amide bonds. The van der Waals surface area contributed by atoms with Crippen LogP contribution in [-0.2, 0) is 4.74 Å². The molecule has 8 heteroatoms. The lowest BCUT2D eigenvalue weighted by atomic mass is 10.1. The number of nitrogens with two attached hydrogens (primary N) is 1. The molecular formula is C10H14N4O4. The molecule has 0 radical (unpaired) electrons. The number of hydrogen-bond acceptors (Lipinski definition) is 7. The summed E-state index contributed by atoms with van der Waals surface area (Å²) in [6, 6.07) is 2.74. The predicted molar refractivity (Wildman–Crippen MR) is 63.2 cm³/mol. The summed E-state index contributed by atoms with van der Waals surface area (Å²) in [4.78, 5) is 14.3. The number of hydrazine groups is 1. The zero-order chi connectivity index (χ0) is 13.0. The molecule has 1 aromatic rings. The van der Waals surface area contributed by atoms with Gasteiger partial charge in [0.2, 0.25) is 0 Å². The summed E-state index contributed by atoms with van der Waals surface area (Å²) in [7, 11) is 0. The van der Waals surface area contributed by atoms with E-state index in [9.17, 15) is 10.1 Å². The summed E-state index contributed by atoms with van der Waals surface area (Å²) in [5.41, 5.74) is 2.17. The molecule has 0 bridgehead atoms. The van der Waals surface area contributed by atoms with Crippen LogP contribution in [0.1, 0.15) is 12.8 Å². The molecule has 0 saturated carbocycles. The fraction of sp³-hybridized carbons (Fsp3) is 0.500. The van der Waals surface area contributed by atoms with Crippen molar-refractivity contribution in [1.29, 1.82) is 0 Å². The number of nitrogen functional groups attached to an aromatic ring is 1. The van der Waals surface area contributed by atoms with E-state index in [4.69, 9.17) is 15.3 Å². The van der Waals surface area contributed by atoms with Gasteiger partial charge < -0.3 is 14.9 Å². The summed E-state index contributed by atoms with van der Waals surface area (Å²) < 4.78 is 10.8. The summed E-state index contributed by atoms with van der Waals surface area (Å²) in [6.45, 7) is 1.18. The second kappa shape index (κ2) is 5.61. The van der Waals surface area contributed by atoms with Gasteiger partial charge in [0.25, 0.3) is 5.88 Å². The fourth-order valence-corrected chi connectivity index (χ4v) is 1.69. The van der Waals surface area contributed by atoms with Crippen molar-refractivity contribution in [3.63, 3.8) is 0 Å². The Morgan fingerprint density at radius 3 is 2.83 bits per heavy atom. The van der Waals surface area contributed by atoms with E-state index in [0.717, 1.165) is 0 Å². The van der Waals surface area contributed by atoms with E-state index in [1.807, 2.05) is 0 Å². The van der Waals surface area contributed by atoms with Crippen molar-refractivity contribution < 1.29 is 14.4 Å². The third kappa shape index (κ3) is 2.84. The second-order valence-corrected chi connectivity index (χ2v) is 3.85. The van der Waals surface area contributed by atoms with Gasteiger partial charge in [0.1, 0.15) is 11.9 Å². The van der Waals surface area contributed by atoms with Crippen molar-refractivity contribution in [2.45, 2.75) is 18.9 Å². The van der Waals surface area contributed by atoms with Gasteiger partial charge >= 0.3 is 5.69 Å². The molecule has 3 N–H and O–H groups in total. The Morgan fingerprint density at radius 2 is 2.22 bits per heavy atom. The predicted octanol–water partition coefficient (Wildman–Crippen LogP) is 0.833. The highest BCUT2D eigenvalue weighted by atomic mass is 16.6. The summed E-state index contributed by atoms with van der Waals surface area (Å²) in [6.07, 6.45) is 1.27. The maximum absolute atomic E-state index is 10.9. The van der Waals surface area contributed by atoms with Crippen LogP contribution in [-0.4, -0.2) is 29.2 Å². The van der Waals surface area contributed by atoms with Crippen LogP contribution in [0.4, 0.5) is 11.5 Å². The monoisotopic (exact) mass is 254 g/mol. The molecule has 98 valence electrons. The maximum atomic E-state index is 10.9. The van der Waals surface area contributed by atoms with E-state index in [0.29, 0.717) is 31.9 Å². The third-order valence-corrected chi connectivity index (χ3v) is 2.63. The average molecular weight is 254 g/mol. The molecule has 8 nitrogen and oxygen atoms in total. The molecule has 0 atom stereocenters. The Labute approximate surface area is 103 Å². The van der Waals surface area contributed by atoms with Gasteiger partial charge in [-0.2, -0.15) is 4.98 Å². The highest BCUT2D eigenvalue weighted by molar-refractivity contribution is 5.48. The first kappa shape index (κ1) is 12.5. The molecule has 1 fully saturated rings. The van der Waals surface area contributed by atoms with Crippen molar-refractivity contribution in [1.82, 2.24) is 4.98 Å². The second-order valence-electron chi connectivity index (χ2n) is 3.85. The number of nitrogens with zero attached hydrogens (tertiary/aromatic N) is 2. The third-order valence-electron chi connectivity index (χ3n) is 2.63. The quantitative estimate of drug-likeness (QED) is 0.465. The van der Waals surface area contributed by atoms with E-state index in [1.54, 1.807) is 0 Å². The summed E-state index contributed by atoms with van der Waals surface area (Å²) in [5, 5.41) is 10.9. The molecule has 1 aliphatic rings. The zero-order valence-electron chi connectivity index (χ0n) is 9.67. The lowest BCUT2D eigenvalue weighted by Gasteiger charge is -2.22. The smallest absolute Gasteiger partial charge is 0.331 e. The normalized spacial score (nSPS) is 16.3. The minimum absolute atomic E-state index is 0.0117. The largest absolute Gasteiger partial charge is 0.469 e. The standard InChI is InChI=1S/C10H14N4O4/c11-13-9-2-1-8(14(15)16)10(12-9)18-7-3-5-17-6-4-7/h1-2,7H,3-6,11H2,(H,12,13). The first-order valence-corrected chi connectivity index (χ1v) is 5.57. The minimum Gasteiger partial charge on any atom is -0.469 e. The summed E-state index contributed by atoms with van der Waals surface area (Å²) >= 11 is 0. The number of hydrogen-bond donors (Lipinski definition) is 2. The van der Waals surface area contributed by atoms with Crippen molar-refractivity contribution in [2.24, 2.45) is 5.84 Å². The van der Waals surface area contributed by atoms with Crippen LogP contribution in [0.3, 0.4) is 0 Å². The number of pyridine rings is 1. The Balaban J connectivity index is 2.19. The number of rotatable bonds is 4. The van der Waals surface area contributed by atoms with E-state index in [2.05, 4.69) is 10.4 Å². The van der Waals surface area contributed by atoms with Crippen molar-refractivity contribution in [3.8, 4) is 5.88 Å². The van der Waals surface area contributed by atoms with E-state index >= 15 is 0 Å². The molecule has 1 aromatic heterocycles. The summed E-state index contributed by atoms with van der Waals surface area (Å²) in [5.74, 6) is 5.53. The van der Waals surface area contributed by atoms with Crippen LogP contribution in [0, 0.1) is 10.1 Å². The van der Waals surface area contributed by atoms with Crippen LogP contribution in [0.5, 0.6) is 5.88 Å². The van der Waals surface area contributed by atoms with Crippen molar-refractivity contribution in [3.05, 3.63) is 22.2 Å². The SMILES string of the molecule is NNc1ccc([N+](=O)[O-])c(OC2CCOCC2)n1. The Kier molecular flexibility index (Phi) is 3.90. The fourth-order valence-electron chi connectivity index (χ4n) is 1.69. The van der Waals surface area contributed by atoms with Gasteiger partial charge in [-0.05, 0) is 6.07 Å². The van der Waals surface area contributed by atoms with Gasteiger partial charge in [-0.1, -0.05) is 0 Å². The van der Waals surface area contributed by atoms with Gasteiger partial charge in [-0.3, -0.25) is 10.1 Å². The maximum Gasteiger partial charge on any atom is 0.331 e. The first-order valence-electron chi connectivity index (χ1n) is 5.57. The van der Waals surface area contributed by atoms with Gasteiger partial charge in [-0.25, -0.2) is 5.84 Å². The molecule has 0 aromatic carbocycles. The van der Waals surface area contributed by atoms with E-state index in [1.165, 1.54) is 12.1 Å². The Bertz CT molecular complexity index is 434. The molecular weight excluding hydrogens is 240 g/mol. The highest BCUT2D eigenvalue weighted by Crippen LogP contribution is 2.28. The Hall–Kier alpha value is -1.93. The number of nitrogens with one attached hydrogen (secondary N) is 1. The minimum atomic E-state index is -0.526. The van der Waals surface area contributed by atoms with Crippen molar-refractivity contribution >= 4 is 11.5 Å². The Morgan fingerprint density at radius 1 is 1.50 bits per heavy atom. The molecule has 2 heterocycles. The van der Waals surface area contributed by atoms with Gasteiger partial charge in [0.05, 0.1) is 18.1 Å². The van der Waals surface area contributed by atoms with Crippen LogP contribution in [0.2, 0.25) is 0 Å². The van der Waals surface area contributed by atoms with Crippen LogP contribution in [0.15, 0.2) is 12.1 Å². The lowest BCUT2D eigenvalue weighted by molar-refractivity contribution is -0.386. The van der Waals surface area contributed by atoms with Crippen LogP contribution < -0.4 is 16.0 Å². The van der Waals surface area contributed by atoms with E-state index in [-0.39, 0.29) is 17.7 Å². The first-order chi connectivity index (χ1) is 8.70. The van der Waals surface area contributed by atoms with Crippen molar-refractivity contribution in [2.75, 3.05) is 18.6 Å². The van der Waals surface area contributed by atoms with Crippen LogP contribution >= 0.6 is 0 Å². The molecule has 0 spiro atoms. The number of anilines is 1. The molecule has 1 saturated heterocycles. The molecule has 18 heavy (non-hydrogen) atoms. The topological polar surface area (TPSA) is 113 Å². The molecule has 0 unspecified atom stereocenters.